The highest BCUT2D eigenvalue weighted by Crippen LogP contribution is 2.02. The molecule has 0 aromatic heterocycles. The van der Waals surface area contributed by atoms with Crippen molar-refractivity contribution in [2.75, 3.05) is 0 Å². The van der Waals surface area contributed by atoms with Crippen LogP contribution in [0.3, 0.4) is 0 Å². The Kier molecular flexibility index (Phi) is 2.66. The van der Waals surface area contributed by atoms with E-state index in [4.69, 9.17) is 5.21 Å². The first kappa shape index (κ1) is 7.79. The first-order chi connectivity index (χ1) is 5.36. The Morgan fingerprint density at radius 2 is 2.00 bits per heavy atom. The average molecular weight is 149 g/mol. The lowest BCUT2D eigenvalue weighted by atomic mass is 10.1. The molecule has 0 amide bonds. The highest BCUT2D eigenvalue weighted by Gasteiger charge is 1.88. The monoisotopic (exact) mass is 149 g/mol. The predicted octanol–water partition coefficient (Wildman–Crippen LogP) is 2.06. The van der Waals surface area contributed by atoms with Crippen molar-refractivity contribution in [1.82, 2.24) is 0 Å². The maximum absolute atomic E-state index is 8.22. The molecule has 0 heterocycles. The van der Waals surface area contributed by atoms with Crippen molar-refractivity contribution in [1.29, 1.82) is 0 Å². The first-order valence-electron chi connectivity index (χ1n) is 3.63. The largest absolute Gasteiger partial charge is 0.411 e. The van der Waals surface area contributed by atoms with E-state index in [0.29, 0.717) is 0 Å². The molecule has 1 aromatic carbocycles. The Balaban J connectivity index is 2.82. The number of hydrogen-bond donors (Lipinski definition) is 1. The van der Waals surface area contributed by atoms with Crippen LogP contribution in [0, 0.1) is 0 Å². The summed E-state index contributed by atoms with van der Waals surface area (Å²) in [6.45, 7) is 2.11. The second-order valence-electron chi connectivity index (χ2n) is 2.34. The summed E-state index contributed by atoms with van der Waals surface area (Å²) in [6.07, 6.45) is 2.45. The van der Waals surface area contributed by atoms with Crippen LogP contribution in [-0.2, 0) is 6.42 Å². The van der Waals surface area contributed by atoms with E-state index in [9.17, 15) is 0 Å². The minimum atomic E-state index is 0.921. The highest BCUT2D eigenvalue weighted by molar-refractivity contribution is 5.78. The highest BCUT2D eigenvalue weighted by atomic mass is 16.4. The summed E-state index contributed by atoms with van der Waals surface area (Å²) < 4.78 is 0. The van der Waals surface area contributed by atoms with E-state index < -0.39 is 0 Å². The van der Waals surface area contributed by atoms with Crippen LogP contribution in [0.4, 0.5) is 0 Å². The molecule has 0 unspecified atom stereocenters. The Bertz CT molecular complexity index is 238. The van der Waals surface area contributed by atoms with Crippen LogP contribution in [-0.4, -0.2) is 11.4 Å². The Labute approximate surface area is 66.2 Å². The van der Waals surface area contributed by atoms with Crippen LogP contribution in [0.2, 0.25) is 0 Å². The van der Waals surface area contributed by atoms with Crippen LogP contribution in [0.1, 0.15) is 18.1 Å². The number of hydrogen-bond acceptors (Lipinski definition) is 2. The number of benzene rings is 1. The summed E-state index contributed by atoms with van der Waals surface area (Å²) in [7, 11) is 0. The number of aryl methyl sites for hydroxylation is 1. The van der Waals surface area contributed by atoms with Gasteiger partial charge in [0.05, 0.1) is 6.21 Å². The molecule has 0 aliphatic rings. The van der Waals surface area contributed by atoms with Gasteiger partial charge in [0.2, 0.25) is 0 Å². The SMILES string of the molecule is CCc1ccc(/C=N\O)cc1. The zero-order chi connectivity index (χ0) is 8.10. The van der Waals surface area contributed by atoms with E-state index >= 15 is 0 Å². The molecule has 1 rings (SSSR count). The molecule has 0 radical (unpaired) electrons. The summed E-state index contributed by atoms with van der Waals surface area (Å²) in [5, 5.41) is 11.2. The number of rotatable bonds is 2. The van der Waals surface area contributed by atoms with Crippen LogP contribution in [0.5, 0.6) is 0 Å². The van der Waals surface area contributed by atoms with E-state index in [0.717, 1.165) is 12.0 Å². The third-order valence-electron chi connectivity index (χ3n) is 1.59. The van der Waals surface area contributed by atoms with Crippen LogP contribution in [0.15, 0.2) is 29.4 Å². The van der Waals surface area contributed by atoms with Crippen LogP contribution < -0.4 is 0 Å². The van der Waals surface area contributed by atoms with Crippen molar-refractivity contribution < 1.29 is 5.21 Å². The van der Waals surface area contributed by atoms with Gasteiger partial charge in [-0.1, -0.05) is 36.3 Å². The fourth-order valence-corrected chi connectivity index (χ4v) is 0.906. The minimum absolute atomic E-state index is 0.921. The van der Waals surface area contributed by atoms with Gasteiger partial charge >= 0.3 is 0 Å². The molecule has 0 aliphatic heterocycles. The van der Waals surface area contributed by atoms with E-state index in [1.54, 1.807) is 0 Å². The van der Waals surface area contributed by atoms with E-state index in [1.165, 1.54) is 11.8 Å². The molecular weight excluding hydrogens is 138 g/mol. The van der Waals surface area contributed by atoms with E-state index in [-0.39, 0.29) is 0 Å². The van der Waals surface area contributed by atoms with Crippen molar-refractivity contribution in [2.45, 2.75) is 13.3 Å². The molecule has 1 N–H and O–H groups in total. The third kappa shape index (κ3) is 2.08. The third-order valence-corrected chi connectivity index (χ3v) is 1.59. The molecule has 0 saturated heterocycles. The molecule has 0 saturated carbocycles. The van der Waals surface area contributed by atoms with E-state index in [1.807, 2.05) is 24.3 Å². The van der Waals surface area contributed by atoms with Crippen LogP contribution in [0.25, 0.3) is 0 Å². The molecule has 58 valence electrons. The zero-order valence-electron chi connectivity index (χ0n) is 6.49. The number of nitrogens with zero attached hydrogens (tertiary/aromatic N) is 1. The number of oxime groups is 1. The van der Waals surface area contributed by atoms with Gasteiger partial charge in [-0.2, -0.15) is 0 Å². The second kappa shape index (κ2) is 3.76. The summed E-state index contributed by atoms with van der Waals surface area (Å²) in [5.74, 6) is 0. The first-order valence-corrected chi connectivity index (χ1v) is 3.63. The minimum Gasteiger partial charge on any atom is -0.411 e. The second-order valence-corrected chi connectivity index (χ2v) is 2.34. The Morgan fingerprint density at radius 3 is 2.45 bits per heavy atom. The van der Waals surface area contributed by atoms with Gasteiger partial charge < -0.3 is 5.21 Å². The summed E-state index contributed by atoms with van der Waals surface area (Å²) in [5.41, 5.74) is 2.21. The standard InChI is InChI=1S/C9H11NO/c1-2-8-3-5-9(6-4-8)7-10-11/h3-7,11H,2H2,1H3/b10-7-. The lowest BCUT2D eigenvalue weighted by molar-refractivity contribution is 0.322. The van der Waals surface area contributed by atoms with E-state index in [2.05, 4.69) is 12.1 Å². The quantitative estimate of drug-likeness (QED) is 0.389. The molecule has 2 nitrogen and oxygen atoms in total. The fraction of sp³-hybridized carbons (Fsp3) is 0.222. The molecule has 0 bridgehead atoms. The van der Waals surface area contributed by atoms with Gasteiger partial charge in [-0.3, -0.25) is 0 Å². The molecule has 0 atom stereocenters. The van der Waals surface area contributed by atoms with Crippen molar-refractivity contribution in [2.24, 2.45) is 5.16 Å². The fourth-order valence-electron chi connectivity index (χ4n) is 0.906. The van der Waals surface area contributed by atoms with Gasteiger partial charge in [0.15, 0.2) is 0 Å². The maximum atomic E-state index is 8.22. The maximum Gasteiger partial charge on any atom is 0.0733 e. The van der Waals surface area contributed by atoms with Gasteiger partial charge in [0, 0.05) is 0 Å². The van der Waals surface area contributed by atoms with Crippen molar-refractivity contribution in [3.8, 4) is 0 Å². The lowest BCUT2D eigenvalue weighted by Gasteiger charge is -1.95. The molecule has 0 aliphatic carbocycles. The Hall–Kier alpha value is -1.31. The van der Waals surface area contributed by atoms with Gasteiger partial charge in [0.1, 0.15) is 0 Å². The smallest absolute Gasteiger partial charge is 0.0733 e. The lowest BCUT2D eigenvalue weighted by Crippen LogP contribution is -1.82. The van der Waals surface area contributed by atoms with Gasteiger partial charge in [0.25, 0.3) is 0 Å². The van der Waals surface area contributed by atoms with Gasteiger partial charge in [-0.05, 0) is 17.5 Å². The zero-order valence-corrected chi connectivity index (χ0v) is 6.49. The van der Waals surface area contributed by atoms with Gasteiger partial charge in [-0.15, -0.1) is 0 Å². The van der Waals surface area contributed by atoms with Gasteiger partial charge in [-0.25, -0.2) is 0 Å². The normalized spacial score (nSPS) is 10.6. The van der Waals surface area contributed by atoms with Crippen molar-refractivity contribution in [3.63, 3.8) is 0 Å². The molecule has 0 spiro atoms. The summed E-state index contributed by atoms with van der Waals surface area (Å²) in [6, 6.07) is 7.91. The molecule has 1 aromatic rings. The van der Waals surface area contributed by atoms with Crippen molar-refractivity contribution in [3.05, 3.63) is 35.4 Å². The molecular formula is C9H11NO. The molecule has 11 heavy (non-hydrogen) atoms. The average Bonchev–Trinajstić information content (AvgIpc) is 2.07. The van der Waals surface area contributed by atoms with Crippen LogP contribution >= 0.6 is 0 Å². The summed E-state index contributed by atoms with van der Waals surface area (Å²) >= 11 is 0. The molecule has 0 fully saturated rings. The predicted molar refractivity (Wildman–Crippen MR) is 45.2 cm³/mol. The topological polar surface area (TPSA) is 32.6 Å². The summed E-state index contributed by atoms with van der Waals surface area (Å²) in [4.78, 5) is 0. The van der Waals surface area contributed by atoms with Crippen molar-refractivity contribution >= 4 is 6.21 Å². The molecule has 2 heteroatoms. The Morgan fingerprint density at radius 1 is 1.36 bits per heavy atom.